The molecule has 0 N–H and O–H groups in total. The number of hydrogen-bond donors (Lipinski definition) is 0. The maximum Gasteiger partial charge on any atom is 0.0546 e. The fourth-order valence-electron chi connectivity index (χ4n) is 8.92. The van der Waals surface area contributed by atoms with Crippen LogP contribution in [0.4, 0.5) is 17.1 Å². The lowest BCUT2D eigenvalue weighted by atomic mass is 9.55. The van der Waals surface area contributed by atoms with Gasteiger partial charge in [-0.05, 0) is 102 Å². The fraction of sp³-hybridized carbons (Fsp3) is 0.191. The van der Waals surface area contributed by atoms with Gasteiger partial charge in [0.1, 0.15) is 0 Å². The van der Waals surface area contributed by atoms with Gasteiger partial charge in [0.25, 0.3) is 0 Å². The molecule has 7 aromatic rings. The SMILES string of the molecule is CC1(C)c2ccccc2-c2ccc(N(c3ccccc3)c3cc4ccc5c(c4c4ccccc34)-c3ccccc3C(C)(C)C5(C)C)cc21. The van der Waals surface area contributed by atoms with Crippen LogP contribution in [0.5, 0.6) is 0 Å². The molecule has 2 aliphatic rings. The third-order valence-corrected chi connectivity index (χ3v) is 12.2. The van der Waals surface area contributed by atoms with Crippen molar-refractivity contribution in [3.8, 4) is 22.3 Å². The Morgan fingerprint density at radius 3 is 1.79 bits per heavy atom. The normalized spacial score (nSPS) is 16.2. The van der Waals surface area contributed by atoms with Crippen molar-refractivity contribution in [1.82, 2.24) is 0 Å². The lowest BCUT2D eigenvalue weighted by Crippen LogP contribution is -2.43. The first-order valence-corrected chi connectivity index (χ1v) is 17.3. The summed E-state index contributed by atoms with van der Waals surface area (Å²) in [6.07, 6.45) is 0. The fourth-order valence-corrected chi connectivity index (χ4v) is 8.92. The molecule has 0 saturated carbocycles. The van der Waals surface area contributed by atoms with E-state index in [4.69, 9.17) is 0 Å². The van der Waals surface area contributed by atoms with Gasteiger partial charge in [0.05, 0.1) is 5.69 Å². The lowest BCUT2D eigenvalue weighted by Gasteiger charge is -2.48. The van der Waals surface area contributed by atoms with E-state index in [0.29, 0.717) is 0 Å². The zero-order valence-corrected chi connectivity index (χ0v) is 28.7. The van der Waals surface area contributed by atoms with Crippen LogP contribution in [0, 0.1) is 0 Å². The first-order valence-electron chi connectivity index (χ1n) is 17.3. The minimum atomic E-state index is -0.0806. The molecular weight excluding hydrogens is 579 g/mol. The number of para-hydroxylation sites is 1. The Balaban J connectivity index is 1.34. The van der Waals surface area contributed by atoms with Gasteiger partial charge in [-0.1, -0.05) is 151 Å². The van der Waals surface area contributed by atoms with Gasteiger partial charge in [-0.25, -0.2) is 0 Å². The predicted octanol–water partition coefficient (Wildman–Crippen LogP) is 13.0. The van der Waals surface area contributed by atoms with Gasteiger partial charge in [-0.15, -0.1) is 0 Å². The lowest BCUT2D eigenvalue weighted by molar-refractivity contribution is 0.299. The minimum absolute atomic E-state index is 0.00880. The average Bonchev–Trinajstić information content (AvgIpc) is 3.33. The van der Waals surface area contributed by atoms with Crippen LogP contribution in [0.2, 0.25) is 0 Å². The number of hydrogen-bond acceptors (Lipinski definition) is 1. The summed E-state index contributed by atoms with van der Waals surface area (Å²) in [5.74, 6) is 0. The van der Waals surface area contributed by atoms with Gasteiger partial charge in [0.2, 0.25) is 0 Å². The number of nitrogens with zero attached hydrogens (tertiary/aromatic N) is 1. The number of rotatable bonds is 3. The van der Waals surface area contributed by atoms with Crippen LogP contribution >= 0.6 is 0 Å². The summed E-state index contributed by atoms with van der Waals surface area (Å²) in [6, 6.07) is 52.3. The Labute approximate surface area is 284 Å². The van der Waals surface area contributed by atoms with Crippen molar-refractivity contribution < 1.29 is 0 Å². The molecule has 0 amide bonds. The zero-order valence-electron chi connectivity index (χ0n) is 28.7. The van der Waals surface area contributed by atoms with Crippen LogP contribution in [-0.2, 0) is 16.2 Å². The number of fused-ring (bicyclic) bond motifs is 10. The Morgan fingerprint density at radius 2 is 1.02 bits per heavy atom. The molecule has 0 heterocycles. The highest BCUT2D eigenvalue weighted by molar-refractivity contribution is 6.20. The standard InChI is InChI=1S/C47H41N/c1-45(2)38-22-14-12-18-33(38)34-26-25-32(29-41(34)45)48(31-16-8-7-9-17-31)42-28-30-24-27-40-44(43(30)36-20-11-10-19-35(36)42)37-21-13-15-23-39(37)46(3,4)47(40,5)6/h7-29H,1-6H3. The molecule has 0 saturated heterocycles. The van der Waals surface area contributed by atoms with Gasteiger partial charge in [0.15, 0.2) is 0 Å². The number of benzene rings is 7. The topological polar surface area (TPSA) is 3.24 Å². The smallest absolute Gasteiger partial charge is 0.0546 e. The Bertz CT molecular complexity index is 2430. The highest BCUT2D eigenvalue weighted by atomic mass is 15.1. The summed E-state index contributed by atoms with van der Waals surface area (Å²) < 4.78 is 0. The molecule has 0 bridgehead atoms. The second kappa shape index (κ2) is 9.94. The van der Waals surface area contributed by atoms with E-state index in [0.717, 1.165) is 5.69 Å². The molecule has 7 aromatic carbocycles. The van der Waals surface area contributed by atoms with E-state index >= 15 is 0 Å². The highest BCUT2D eigenvalue weighted by Crippen LogP contribution is 2.57. The van der Waals surface area contributed by atoms with E-state index in [9.17, 15) is 0 Å². The molecule has 0 fully saturated rings. The molecule has 0 aliphatic heterocycles. The first-order chi connectivity index (χ1) is 23.1. The summed E-state index contributed by atoms with van der Waals surface area (Å²) in [7, 11) is 0. The monoisotopic (exact) mass is 619 g/mol. The minimum Gasteiger partial charge on any atom is -0.310 e. The highest BCUT2D eigenvalue weighted by Gasteiger charge is 2.46. The molecule has 0 unspecified atom stereocenters. The maximum atomic E-state index is 2.47. The van der Waals surface area contributed by atoms with E-state index in [2.05, 4.69) is 186 Å². The van der Waals surface area contributed by atoms with Crippen molar-refractivity contribution in [2.75, 3.05) is 4.90 Å². The van der Waals surface area contributed by atoms with Crippen molar-refractivity contribution >= 4 is 38.6 Å². The Kier molecular flexibility index (Phi) is 6.01. The third kappa shape index (κ3) is 3.79. The Hall–Kier alpha value is -5.14. The van der Waals surface area contributed by atoms with Gasteiger partial charge in [0, 0.05) is 22.2 Å². The van der Waals surface area contributed by atoms with Crippen molar-refractivity contribution in [2.45, 2.75) is 57.8 Å². The van der Waals surface area contributed by atoms with E-state index < -0.39 is 0 Å². The van der Waals surface area contributed by atoms with Crippen LogP contribution in [0.3, 0.4) is 0 Å². The Morgan fingerprint density at radius 1 is 0.417 bits per heavy atom. The quantitative estimate of drug-likeness (QED) is 0.178. The molecule has 9 rings (SSSR count). The van der Waals surface area contributed by atoms with E-state index in [1.807, 2.05) is 0 Å². The molecule has 0 atom stereocenters. The molecule has 48 heavy (non-hydrogen) atoms. The van der Waals surface area contributed by atoms with Gasteiger partial charge in [-0.2, -0.15) is 0 Å². The molecule has 1 heteroatoms. The van der Waals surface area contributed by atoms with Gasteiger partial charge in [-0.3, -0.25) is 0 Å². The summed E-state index contributed by atoms with van der Waals surface area (Å²) in [5.41, 5.74) is 14.5. The first kappa shape index (κ1) is 29.0. The number of anilines is 3. The van der Waals surface area contributed by atoms with E-state index in [-0.39, 0.29) is 16.2 Å². The van der Waals surface area contributed by atoms with Crippen LogP contribution in [0.15, 0.2) is 140 Å². The van der Waals surface area contributed by atoms with Crippen molar-refractivity contribution in [1.29, 1.82) is 0 Å². The summed E-state index contributed by atoms with van der Waals surface area (Å²) >= 11 is 0. The average molecular weight is 620 g/mol. The molecule has 0 spiro atoms. The maximum absolute atomic E-state index is 2.47. The molecule has 0 radical (unpaired) electrons. The molecule has 2 aliphatic carbocycles. The van der Waals surface area contributed by atoms with Crippen LogP contribution in [0.25, 0.3) is 43.8 Å². The molecule has 0 aromatic heterocycles. The van der Waals surface area contributed by atoms with Crippen molar-refractivity contribution in [3.05, 3.63) is 162 Å². The largest absolute Gasteiger partial charge is 0.310 e. The summed E-state index contributed by atoms with van der Waals surface area (Å²) in [6.45, 7) is 14.4. The molecular formula is C47H41N. The second-order valence-electron chi connectivity index (χ2n) is 15.4. The molecule has 1 nitrogen and oxygen atoms in total. The predicted molar refractivity (Wildman–Crippen MR) is 205 cm³/mol. The van der Waals surface area contributed by atoms with Crippen LogP contribution in [-0.4, -0.2) is 0 Å². The van der Waals surface area contributed by atoms with Crippen molar-refractivity contribution in [3.63, 3.8) is 0 Å². The van der Waals surface area contributed by atoms with Gasteiger partial charge < -0.3 is 4.90 Å². The van der Waals surface area contributed by atoms with Gasteiger partial charge >= 0.3 is 0 Å². The summed E-state index contributed by atoms with van der Waals surface area (Å²) in [5, 5.41) is 5.16. The third-order valence-electron chi connectivity index (χ3n) is 12.2. The van der Waals surface area contributed by atoms with Crippen LogP contribution in [0.1, 0.15) is 63.8 Å². The summed E-state index contributed by atoms with van der Waals surface area (Å²) in [4.78, 5) is 2.47. The van der Waals surface area contributed by atoms with Crippen molar-refractivity contribution in [2.24, 2.45) is 0 Å². The zero-order chi connectivity index (χ0) is 33.0. The van der Waals surface area contributed by atoms with E-state index in [1.54, 1.807) is 0 Å². The molecule has 234 valence electrons. The van der Waals surface area contributed by atoms with E-state index in [1.165, 1.54) is 77.4 Å². The second-order valence-corrected chi connectivity index (χ2v) is 15.4. The van der Waals surface area contributed by atoms with Crippen LogP contribution < -0.4 is 4.90 Å².